The van der Waals surface area contributed by atoms with Crippen LogP contribution in [-0.4, -0.2) is 39.6 Å². The predicted octanol–water partition coefficient (Wildman–Crippen LogP) is 3.53. The van der Waals surface area contributed by atoms with Gasteiger partial charge in [0.2, 0.25) is 5.91 Å². The Balaban J connectivity index is 0.00000190. The third-order valence-electron chi connectivity index (χ3n) is 6.66. The number of allylic oxidation sites excluding steroid dienone is 5. The number of carbonyl (C=O) groups excluding carboxylic acids is 1. The largest absolute Gasteiger partial charge is 0.341 e. The zero-order chi connectivity index (χ0) is 21.6. The lowest BCUT2D eigenvalue weighted by Crippen LogP contribution is -2.49. The highest BCUT2D eigenvalue weighted by molar-refractivity contribution is 7.85. The number of carbonyl (C=O) groups is 1. The number of nitrogens with zero attached hydrogens (tertiary/aromatic N) is 1. The van der Waals surface area contributed by atoms with Crippen LogP contribution in [0, 0.1) is 16.2 Å². The van der Waals surface area contributed by atoms with E-state index < -0.39 is 10.8 Å². The third kappa shape index (κ3) is 5.35. The van der Waals surface area contributed by atoms with E-state index in [1.807, 2.05) is 37.0 Å². The Bertz CT molecular complexity index is 655. The van der Waals surface area contributed by atoms with Gasteiger partial charge in [-0.25, -0.2) is 0 Å². The molecule has 28 heavy (non-hydrogen) atoms. The molecule has 0 aromatic rings. The summed E-state index contributed by atoms with van der Waals surface area (Å²) in [5, 5.41) is 0. The van der Waals surface area contributed by atoms with Crippen molar-refractivity contribution in [1.82, 2.24) is 10.3 Å². The van der Waals surface area contributed by atoms with Crippen LogP contribution in [-0.2, 0) is 15.6 Å². The van der Waals surface area contributed by atoms with Gasteiger partial charge >= 0.3 is 0 Å². The first-order valence-corrected chi connectivity index (χ1v) is 11.7. The minimum absolute atomic E-state index is 0.160. The molecule has 1 aliphatic heterocycles. The Hall–Kier alpha value is -1.40. The molecule has 0 saturated carbocycles. The fourth-order valence-corrected chi connectivity index (χ4v) is 4.62. The molecule has 1 aliphatic carbocycles. The Morgan fingerprint density at radius 1 is 1.21 bits per heavy atom. The van der Waals surface area contributed by atoms with Crippen LogP contribution in [0.2, 0.25) is 0 Å². The molecule has 1 saturated heterocycles. The van der Waals surface area contributed by atoms with Gasteiger partial charge in [0.1, 0.15) is 0 Å². The molecule has 6 heteroatoms. The lowest BCUT2D eigenvalue weighted by atomic mass is 9.53. The van der Waals surface area contributed by atoms with Crippen molar-refractivity contribution in [2.45, 2.75) is 54.9 Å². The van der Waals surface area contributed by atoms with Gasteiger partial charge in [0.25, 0.3) is 0 Å². The molecule has 1 unspecified atom stereocenters. The predicted molar refractivity (Wildman–Crippen MR) is 120 cm³/mol. The lowest BCUT2D eigenvalue weighted by molar-refractivity contribution is -0.136. The summed E-state index contributed by atoms with van der Waals surface area (Å²) in [6, 6.07) is 0. The quantitative estimate of drug-likeness (QED) is 0.538. The fraction of sp³-hybridized carbons (Fsp3) is 0.682. The van der Waals surface area contributed by atoms with E-state index in [4.69, 9.17) is 5.84 Å². The molecule has 1 amide bonds. The summed E-state index contributed by atoms with van der Waals surface area (Å²) in [4.78, 5) is 14.7. The molecule has 1 heterocycles. The Kier molecular flexibility index (Phi) is 8.69. The minimum Gasteiger partial charge on any atom is -0.341 e. The number of nitrogens with one attached hydrogen (secondary N) is 1. The second-order valence-electron chi connectivity index (χ2n) is 8.66. The summed E-state index contributed by atoms with van der Waals surface area (Å²) >= 11 is 0. The maximum Gasteiger partial charge on any atom is 0.223 e. The maximum absolute atomic E-state index is 12.9. The van der Waals surface area contributed by atoms with E-state index in [0.717, 1.165) is 5.70 Å². The van der Waals surface area contributed by atoms with Crippen molar-refractivity contribution in [3.63, 3.8) is 0 Å². The van der Waals surface area contributed by atoms with Crippen molar-refractivity contribution in [2.75, 3.05) is 24.6 Å². The molecule has 5 nitrogen and oxygen atoms in total. The highest BCUT2D eigenvalue weighted by Gasteiger charge is 2.49. The zero-order valence-corrected chi connectivity index (χ0v) is 19.5. The first-order valence-electron chi connectivity index (χ1n) is 10.2. The molecule has 160 valence electrons. The van der Waals surface area contributed by atoms with E-state index in [9.17, 15) is 9.00 Å². The van der Waals surface area contributed by atoms with Crippen molar-refractivity contribution in [3.8, 4) is 0 Å². The van der Waals surface area contributed by atoms with Gasteiger partial charge in [-0.3, -0.25) is 14.8 Å². The number of rotatable bonds is 5. The van der Waals surface area contributed by atoms with Crippen molar-refractivity contribution in [3.05, 3.63) is 36.1 Å². The topological polar surface area (TPSA) is 75.4 Å². The van der Waals surface area contributed by atoms with E-state index >= 15 is 0 Å². The molecule has 1 atom stereocenters. The zero-order valence-electron chi connectivity index (χ0n) is 18.7. The Morgan fingerprint density at radius 3 is 2.32 bits per heavy atom. The van der Waals surface area contributed by atoms with E-state index in [-0.39, 0.29) is 22.2 Å². The number of hydrogen-bond donors (Lipinski definition) is 2. The van der Waals surface area contributed by atoms with Crippen LogP contribution in [0.5, 0.6) is 0 Å². The normalized spacial score (nSPS) is 23.4. The molecular weight excluding hydrogens is 370 g/mol. The van der Waals surface area contributed by atoms with Gasteiger partial charge in [0.05, 0.1) is 0 Å². The van der Waals surface area contributed by atoms with Crippen LogP contribution in [0.15, 0.2) is 36.1 Å². The standard InChI is InChI=1S/C20H33N3O2S.C2H6/c1-18(2,15-17(24)23-11-13-26(25)14-12-23)19(3,4)20(5)9-6-7-16(22-21)8-10-20;1-2/h6-10,22H,11-15,21H2,1-5H3;1-2H3. The number of nitrogens with two attached hydrogens (primary N) is 1. The van der Waals surface area contributed by atoms with E-state index in [2.05, 4.69) is 52.2 Å². The average molecular weight is 410 g/mol. The number of amides is 1. The molecule has 2 rings (SSSR count). The van der Waals surface area contributed by atoms with Crippen LogP contribution in [0.3, 0.4) is 0 Å². The summed E-state index contributed by atoms with van der Waals surface area (Å²) in [5.41, 5.74) is 2.91. The number of hydrazine groups is 1. The minimum atomic E-state index is -0.769. The van der Waals surface area contributed by atoms with Crippen molar-refractivity contribution in [1.29, 1.82) is 0 Å². The maximum atomic E-state index is 12.9. The van der Waals surface area contributed by atoms with Gasteiger partial charge in [-0.15, -0.1) is 0 Å². The van der Waals surface area contributed by atoms with Crippen LogP contribution >= 0.6 is 0 Å². The van der Waals surface area contributed by atoms with Crippen molar-refractivity contribution >= 4 is 16.7 Å². The summed E-state index contributed by atoms with van der Waals surface area (Å²) < 4.78 is 11.5. The molecule has 0 radical (unpaired) electrons. The van der Waals surface area contributed by atoms with Crippen LogP contribution in [0.25, 0.3) is 0 Å². The van der Waals surface area contributed by atoms with Gasteiger partial charge in [0, 0.05) is 52.9 Å². The molecule has 3 N–H and O–H groups in total. The monoisotopic (exact) mass is 409 g/mol. The number of hydrogen-bond acceptors (Lipinski definition) is 4. The Labute approximate surface area is 173 Å². The smallest absolute Gasteiger partial charge is 0.223 e. The first kappa shape index (κ1) is 24.6. The highest BCUT2D eigenvalue weighted by atomic mass is 32.2. The van der Waals surface area contributed by atoms with Gasteiger partial charge in [0.15, 0.2) is 0 Å². The Morgan fingerprint density at radius 2 is 1.79 bits per heavy atom. The molecule has 0 spiro atoms. The van der Waals surface area contributed by atoms with Crippen LogP contribution in [0.4, 0.5) is 0 Å². The summed E-state index contributed by atoms with van der Waals surface area (Å²) in [6.45, 7) is 16.2. The molecule has 0 bridgehead atoms. The molecule has 0 aromatic carbocycles. The van der Waals surface area contributed by atoms with Gasteiger partial charge in [-0.05, 0) is 23.0 Å². The van der Waals surface area contributed by atoms with Crippen LogP contribution < -0.4 is 11.3 Å². The van der Waals surface area contributed by atoms with Gasteiger partial charge in [-0.1, -0.05) is 66.7 Å². The van der Waals surface area contributed by atoms with Gasteiger partial charge < -0.3 is 10.3 Å². The lowest BCUT2D eigenvalue weighted by Gasteiger charge is -2.51. The SMILES string of the molecule is CC.CC1(C(C)(C)C(C)(C)CC(=O)N2CCS(=O)CC2)C=CC=C(NN)C=C1. The molecule has 2 aliphatic rings. The second kappa shape index (κ2) is 9.88. The second-order valence-corrected chi connectivity index (χ2v) is 10.4. The first-order chi connectivity index (χ1) is 13.0. The van der Waals surface area contributed by atoms with Gasteiger partial charge in [-0.2, -0.15) is 0 Å². The molecule has 0 aromatic heterocycles. The van der Waals surface area contributed by atoms with Crippen molar-refractivity contribution < 1.29 is 9.00 Å². The summed E-state index contributed by atoms with van der Waals surface area (Å²) in [7, 11) is -0.769. The highest BCUT2D eigenvalue weighted by Crippen LogP contribution is 2.55. The van der Waals surface area contributed by atoms with Crippen LogP contribution in [0.1, 0.15) is 54.9 Å². The summed E-state index contributed by atoms with van der Waals surface area (Å²) in [5.74, 6) is 6.89. The summed E-state index contributed by atoms with van der Waals surface area (Å²) in [6.07, 6.45) is 10.8. The van der Waals surface area contributed by atoms with Crippen molar-refractivity contribution in [2.24, 2.45) is 22.1 Å². The third-order valence-corrected chi connectivity index (χ3v) is 7.93. The molecular formula is C22H39N3O2S. The fourth-order valence-electron chi connectivity index (χ4n) is 3.57. The van der Waals surface area contributed by atoms with E-state index in [1.54, 1.807) is 0 Å². The molecule has 1 fully saturated rings. The average Bonchev–Trinajstić information content (AvgIpc) is 2.86. The van der Waals surface area contributed by atoms with E-state index in [1.165, 1.54) is 0 Å². The van der Waals surface area contributed by atoms with E-state index in [0.29, 0.717) is 31.0 Å².